The SMILES string of the molecule is Cc1cn(C2CCCCC2Br)c(-c2ccccc2Cl)n1. The van der Waals surface area contributed by atoms with Crippen molar-refractivity contribution in [3.8, 4) is 11.4 Å². The molecule has 1 heterocycles. The summed E-state index contributed by atoms with van der Waals surface area (Å²) in [6.07, 6.45) is 7.17. The van der Waals surface area contributed by atoms with Gasteiger partial charge in [-0.1, -0.05) is 52.5 Å². The van der Waals surface area contributed by atoms with Gasteiger partial charge < -0.3 is 4.57 Å². The monoisotopic (exact) mass is 352 g/mol. The average Bonchev–Trinajstić information content (AvgIpc) is 2.81. The van der Waals surface area contributed by atoms with Crippen molar-refractivity contribution < 1.29 is 0 Å². The minimum absolute atomic E-state index is 0.469. The molecule has 1 fully saturated rings. The Morgan fingerprint density at radius 3 is 2.75 bits per heavy atom. The molecule has 0 N–H and O–H groups in total. The third-order valence-electron chi connectivity index (χ3n) is 3.97. The summed E-state index contributed by atoms with van der Waals surface area (Å²) in [5.41, 5.74) is 2.07. The summed E-state index contributed by atoms with van der Waals surface area (Å²) >= 11 is 10.2. The molecular formula is C16H18BrClN2. The van der Waals surface area contributed by atoms with Crippen LogP contribution >= 0.6 is 27.5 Å². The van der Waals surface area contributed by atoms with Crippen LogP contribution in [0.3, 0.4) is 0 Å². The number of alkyl halides is 1. The quantitative estimate of drug-likeness (QED) is 0.662. The number of benzene rings is 1. The lowest BCUT2D eigenvalue weighted by molar-refractivity contribution is 0.371. The van der Waals surface area contributed by atoms with E-state index < -0.39 is 0 Å². The Labute approximate surface area is 133 Å². The van der Waals surface area contributed by atoms with Crippen LogP contribution in [-0.2, 0) is 0 Å². The fourth-order valence-corrected chi connectivity index (χ4v) is 4.05. The molecule has 0 saturated heterocycles. The molecule has 4 heteroatoms. The maximum Gasteiger partial charge on any atom is 0.142 e. The first-order valence-corrected chi connectivity index (χ1v) is 8.40. The maximum atomic E-state index is 6.35. The Balaban J connectivity index is 2.06. The number of nitrogens with zero attached hydrogens (tertiary/aromatic N) is 2. The summed E-state index contributed by atoms with van der Waals surface area (Å²) < 4.78 is 2.31. The van der Waals surface area contributed by atoms with E-state index in [4.69, 9.17) is 16.6 Å². The second-order valence-electron chi connectivity index (χ2n) is 5.46. The van der Waals surface area contributed by atoms with Crippen molar-refractivity contribution in [1.29, 1.82) is 0 Å². The lowest BCUT2D eigenvalue weighted by Crippen LogP contribution is -2.23. The van der Waals surface area contributed by atoms with E-state index in [1.54, 1.807) is 0 Å². The Kier molecular flexibility index (Phi) is 4.18. The van der Waals surface area contributed by atoms with E-state index >= 15 is 0 Å². The number of hydrogen-bond acceptors (Lipinski definition) is 1. The summed E-state index contributed by atoms with van der Waals surface area (Å²) in [5.74, 6) is 0.990. The fraction of sp³-hybridized carbons (Fsp3) is 0.438. The van der Waals surface area contributed by atoms with Gasteiger partial charge in [0, 0.05) is 22.6 Å². The Morgan fingerprint density at radius 1 is 1.25 bits per heavy atom. The van der Waals surface area contributed by atoms with Gasteiger partial charge in [0.25, 0.3) is 0 Å². The van der Waals surface area contributed by atoms with Crippen molar-refractivity contribution in [2.75, 3.05) is 0 Å². The third-order valence-corrected chi connectivity index (χ3v) is 5.37. The fourth-order valence-electron chi connectivity index (χ4n) is 2.99. The van der Waals surface area contributed by atoms with Crippen LogP contribution in [0.5, 0.6) is 0 Å². The zero-order chi connectivity index (χ0) is 14.1. The molecule has 2 atom stereocenters. The second kappa shape index (κ2) is 5.90. The highest BCUT2D eigenvalue weighted by atomic mass is 79.9. The topological polar surface area (TPSA) is 17.8 Å². The number of halogens is 2. The number of hydrogen-bond donors (Lipinski definition) is 0. The molecule has 0 spiro atoms. The van der Waals surface area contributed by atoms with E-state index in [9.17, 15) is 0 Å². The molecule has 2 nitrogen and oxygen atoms in total. The predicted molar refractivity (Wildman–Crippen MR) is 87.6 cm³/mol. The first-order chi connectivity index (χ1) is 9.66. The van der Waals surface area contributed by atoms with Gasteiger partial charge in [-0.3, -0.25) is 0 Å². The van der Waals surface area contributed by atoms with Crippen LogP contribution in [0.15, 0.2) is 30.5 Å². The van der Waals surface area contributed by atoms with Gasteiger partial charge in [0.15, 0.2) is 0 Å². The van der Waals surface area contributed by atoms with Gasteiger partial charge in [-0.2, -0.15) is 0 Å². The molecule has 0 amide bonds. The summed E-state index contributed by atoms with van der Waals surface area (Å²) in [6, 6.07) is 8.42. The first-order valence-electron chi connectivity index (χ1n) is 7.11. The molecule has 1 aliphatic carbocycles. The van der Waals surface area contributed by atoms with Gasteiger partial charge in [-0.15, -0.1) is 0 Å². The second-order valence-corrected chi connectivity index (χ2v) is 7.04. The summed E-state index contributed by atoms with van der Waals surface area (Å²) in [5, 5.41) is 0.765. The molecule has 0 bridgehead atoms. The van der Waals surface area contributed by atoms with Crippen molar-refractivity contribution in [2.45, 2.75) is 43.5 Å². The van der Waals surface area contributed by atoms with E-state index in [2.05, 4.69) is 26.7 Å². The van der Waals surface area contributed by atoms with E-state index in [1.807, 2.05) is 31.2 Å². The molecule has 1 aliphatic rings. The molecule has 1 saturated carbocycles. The molecule has 2 aromatic rings. The van der Waals surface area contributed by atoms with Gasteiger partial charge >= 0.3 is 0 Å². The molecule has 3 rings (SSSR count). The molecular weight excluding hydrogens is 336 g/mol. The van der Waals surface area contributed by atoms with Crippen molar-refractivity contribution >= 4 is 27.5 Å². The highest BCUT2D eigenvalue weighted by molar-refractivity contribution is 9.09. The minimum atomic E-state index is 0.469. The molecule has 106 valence electrons. The van der Waals surface area contributed by atoms with Crippen LogP contribution in [0, 0.1) is 6.92 Å². The van der Waals surface area contributed by atoms with Gasteiger partial charge in [-0.25, -0.2) is 4.98 Å². The lowest BCUT2D eigenvalue weighted by Gasteiger charge is -2.29. The largest absolute Gasteiger partial charge is 0.326 e. The van der Waals surface area contributed by atoms with E-state index in [0.29, 0.717) is 10.9 Å². The zero-order valence-corrected chi connectivity index (χ0v) is 13.9. The maximum absolute atomic E-state index is 6.35. The number of rotatable bonds is 2. The summed E-state index contributed by atoms with van der Waals surface area (Å²) in [4.78, 5) is 5.23. The predicted octanol–water partition coefficient (Wildman–Crippen LogP) is 5.39. The molecule has 0 radical (unpaired) electrons. The molecule has 1 aromatic heterocycles. The van der Waals surface area contributed by atoms with Gasteiger partial charge in [0.1, 0.15) is 5.82 Å². The molecule has 0 aliphatic heterocycles. The smallest absolute Gasteiger partial charge is 0.142 e. The van der Waals surface area contributed by atoms with E-state index in [0.717, 1.165) is 22.1 Å². The van der Waals surface area contributed by atoms with Crippen molar-refractivity contribution in [1.82, 2.24) is 9.55 Å². The highest BCUT2D eigenvalue weighted by Crippen LogP contribution is 2.37. The first kappa shape index (κ1) is 14.2. The zero-order valence-electron chi connectivity index (χ0n) is 11.5. The average molecular weight is 354 g/mol. The van der Waals surface area contributed by atoms with Crippen LogP contribution in [-0.4, -0.2) is 14.4 Å². The normalized spacial score (nSPS) is 22.9. The lowest BCUT2D eigenvalue weighted by atomic mass is 9.95. The minimum Gasteiger partial charge on any atom is -0.326 e. The highest BCUT2D eigenvalue weighted by Gasteiger charge is 2.27. The van der Waals surface area contributed by atoms with E-state index in [1.165, 1.54) is 25.7 Å². The van der Waals surface area contributed by atoms with Gasteiger partial charge in [0.2, 0.25) is 0 Å². The molecule has 2 unspecified atom stereocenters. The van der Waals surface area contributed by atoms with Crippen LogP contribution in [0.2, 0.25) is 5.02 Å². The Morgan fingerprint density at radius 2 is 2.00 bits per heavy atom. The number of aromatic nitrogens is 2. The van der Waals surface area contributed by atoms with Crippen LogP contribution in [0.25, 0.3) is 11.4 Å². The Hall–Kier alpha value is -0.800. The van der Waals surface area contributed by atoms with Gasteiger partial charge in [-0.05, 0) is 31.9 Å². The molecule has 1 aromatic carbocycles. The van der Waals surface area contributed by atoms with Crippen molar-refractivity contribution in [2.24, 2.45) is 0 Å². The summed E-state index contributed by atoms with van der Waals surface area (Å²) in [7, 11) is 0. The van der Waals surface area contributed by atoms with E-state index in [-0.39, 0.29) is 0 Å². The number of aryl methyl sites for hydroxylation is 1. The third kappa shape index (κ3) is 2.66. The number of imidazole rings is 1. The summed E-state index contributed by atoms with van der Waals surface area (Å²) in [6.45, 7) is 2.04. The Bertz CT molecular complexity index is 608. The van der Waals surface area contributed by atoms with Crippen LogP contribution in [0.1, 0.15) is 37.4 Å². The van der Waals surface area contributed by atoms with Gasteiger partial charge in [0.05, 0.1) is 10.7 Å². The molecule has 20 heavy (non-hydrogen) atoms. The standard InChI is InChI=1S/C16H18BrClN2/c1-11-10-20(15-9-5-3-7-13(15)17)16(19-11)12-6-2-4-8-14(12)18/h2,4,6,8,10,13,15H,3,5,7,9H2,1H3. The van der Waals surface area contributed by atoms with Crippen LogP contribution < -0.4 is 0 Å². The van der Waals surface area contributed by atoms with Crippen molar-refractivity contribution in [3.63, 3.8) is 0 Å². The van der Waals surface area contributed by atoms with Crippen LogP contribution in [0.4, 0.5) is 0 Å². The van der Waals surface area contributed by atoms with Crippen molar-refractivity contribution in [3.05, 3.63) is 41.2 Å².